The topological polar surface area (TPSA) is 92.9 Å². The summed E-state index contributed by atoms with van der Waals surface area (Å²) in [7, 11) is 1.47. The number of nitro groups is 1. The van der Waals surface area contributed by atoms with Crippen LogP contribution in [0, 0.1) is 10.1 Å². The Balaban J connectivity index is 2.98. The van der Waals surface area contributed by atoms with E-state index in [1.54, 1.807) is 4.90 Å². The minimum absolute atomic E-state index is 0.0396. The van der Waals surface area contributed by atoms with Crippen LogP contribution in [0.4, 0.5) is 5.69 Å². The number of carboxylic acids is 1. The number of hydrogen-bond acceptors (Lipinski definition) is 5. The molecule has 7 heteroatoms. The van der Waals surface area contributed by atoms with Crippen LogP contribution in [-0.4, -0.2) is 41.1 Å². The molecular formula is C12H16N2O5. The lowest BCUT2D eigenvalue weighted by Gasteiger charge is -2.19. The van der Waals surface area contributed by atoms with Gasteiger partial charge in [0.25, 0.3) is 5.69 Å². The lowest BCUT2D eigenvalue weighted by atomic mass is 10.1. The van der Waals surface area contributed by atoms with E-state index in [9.17, 15) is 14.9 Å². The summed E-state index contributed by atoms with van der Waals surface area (Å²) in [4.78, 5) is 22.6. The fourth-order valence-corrected chi connectivity index (χ4v) is 1.71. The molecular weight excluding hydrogens is 252 g/mol. The fraction of sp³-hybridized carbons (Fsp3) is 0.417. The molecule has 1 aromatic carbocycles. The smallest absolute Gasteiger partial charge is 0.317 e. The number of methoxy groups -OCH3 is 1. The number of likely N-dealkylation sites (N-methyl/N-ethyl adjacent to an activating group) is 1. The number of benzene rings is 1. The summed E-state index contributed by atoms with van der Waals surface area (Å²) in [6.45, 7) is 2.51. The molecule has 0 atom stereocenters. The largest absolute Gasteiger partial charge is 0.496 e. The first-order chi connectivity index (χ1) is 8.97. The molecule has 0 saturated heterocycles. The fourth-order valence-electron chi connectivity index (χ4n) is 1.71. The summed E-state index contributed by atoms with van der Waals surface area (Å²) in [6.07, 6.45) is 0. The molecule has 19 heavy (non-hydrogen) atoms. The normalized spacial score (nSPS) is 10.5. The molecule has 0 aliphatic carbocycles. The number of nitro benzene ring substituents is 1. The van der Waals surface area contributed by atoms with Crippen molar-refractivity contribution in [2.24, 2.45) is 0 Å². The van der Waals surface area contributed by atoms with E-state index >= 15 is 0 Å². The number of ether oxygens (including phenoxy) is 1. The van der Waals surface area contributed by atoms with Crippen LogP contribution in [-0.2, 0) is 11.3 Å². The minimum Gasteiger partial charge on any atom is -0.496 e. The Labute approximate surface area is 110 Å². The predicted octanol–water partition coefficient (Wildman–Crippen LogP) is 1.51. The molecule has 0 aliphatic rings. The molecule has 0 saturated carbocycles. The van der Waals surface area contributed by atoms with Crippen LogP contribution < -0.4 is 4.74 Å². The van der Waals surface area contributed by atoms with Crippen LogP contribution in [0.15, 0.2) is 18.2 Å². The average Bonchev–Trinajstić information content (AvgIpc) is 2.37. The molecule has 0 spiro atoms. The standard InChI is InChI=1S/C12H16N2O5/c1-3-13(8-12(15)16)7-9-6-10(14(17)18)4-5-11(9)19-2/h4-6H,3,7-8H2,1-2H3,(H,15,16). The average molecular weight is 268 g/mol. The highest BCUT2D eigenvalue weighted by atomic mass is 16.6. The van der Waals surface area contributed by atoms with E-state index in [-0.39, 0.29) is 18.8 Å². The zero-order valence-electron chi connectivity index (χ0n) is 10.8. The van der Waals surface area contributed by atoms with Crippen molar-refractivity contribution in [1.82, 2.24) is 4.90 Å². The highest BCUT2D eigenvalue weighted by Gasteiger charge is 2.15. The minimum atomic E-state index is -0.939. The van der Waals surface area contributed by atoms with Crippen molar-refractivity contribution in [1.29, 1.82) is 0 Å². The van der Waals surface area contributed by atoms with E-state index < -0.39 is 10.9 Å². The first-order valence-electron chi connectivity index (χ1n) is 5.73. The van der Waals surface area contributed by atoms with E-state index in [0.29, 0.717) is 17.9 Å². The lowest BCUT2D eigenvalue weighted by molar-refractivity contribution is -0.384. The van der Waals surface area contributed by atoms with Gasteiger partial charge in [-0.3, -0.25) is 19.8 Å². The molecule has 0 unspecified atom stereocenters. The predicted molar refractivity (Wildman–Crippen MR) is 68.2 cm³/mol. The number of aliphatic carboxylic acids is 1. The molecule has 1 N–H and O–H groups in total. The Bertz CT molecular complexity index is 475. The summed E-state index contributed by atoms with van der Waals surface area (Å²) in [6, 6.07) is 4.28. The van der Waals surface area contributed by atoms with Gasteiger partial charge in [-0.05, 0) is 12.6 Å². The second-order valence-electron chi connectivity index (χ2n) is 3.95. The third kappa shape index (κ3) is 4.22. The summed E-state index contributed by atoms with van der Waals surface area (Å²) in [5, 5.41) is 19.5. The van der Waals surface area contributed by atoms with Gasteiger partial charge in [-0.15, -0.1) is 0 Å². The molecule has 0 radical (unpaired) electrons. The van der Waals surface area contributed by atoms with Gasteiger partial charge in [0.05, 0.1) is 18.6 Å². The SMILES string of the molecule is CCN(CC(=O)O)Cc1cc([N+](=O)[O-])ccc1OC. The van der Waals surface area contributed by atoms with Gasteiger partial charge in [-0.2, -0.15) is 0 Å². The van der Waals surface area contributed by atoms with Crippen LogP contribution in [0.25, 0.3) is 0 Å². The van der Waals surface area contributed by atoms with Gasteiger partial charge in [0, 0.05) is 24.2 Å². The van der Waals surface area contributed by atoms with Crippen LogP contribution >= 0.6 is 0 Å². The lowest BCUT2D eigenvalue weighted by Crippen LogP contribution is -2.29. The number of rotatable bonds is 7. The van der Waals surface area contributed by atoms with Crippen molar-refractivity contribution in [2.75, 3.05) is 20.2 Å². The first kappa shape index (κ1) is 14.9. The van der Waals surface area contributed by atoms with Gasteiger partial charge in [-0.1, -0.05) is 6.92 Å². The Morgan fingerprint density at radius 2 is 2.21 bits per heavy atom. The van der Waals surface area contributed by atoms with Crippen LogP contribution in [0.2, 0.25) is 0 Å². The molecule has 7 nitrogen and oxygen atoms in total. The van der Waals surface area contributed by atoms with E-state index in [4.69, 9.17) is 9.84 Å². The third-order valence-electron chi connectivity index (χ3n) is 2.67. The highest BCUT2D eigenvalue weighted by molar-refractivity contribution is 5.69. The zero-order valence-corrected chi connectivity index (χ0v) is 10.8. The van der Waals surface area contributed by atoms with E-state index in [0.717, 1.165) is 0 Å². The van der Waals surface area contributed by atoms with E-state index in [1.165, 1.54) is 25.3 Å². The van der Waals surface area contributed by atoms with E-state index in [2.05, 4.69) is 0 Å². The quantitative estimate of drug-likeness (QED) is 0.595. The maximum Gasteiger partial charge on any atom is 0.317 e. The van der Waals surface area contributed by atoms with Crippen molar-refractivity contribution < 1.29 is 19.6 Å². The second kappa shape index (κ2) is 6.69. The number of nitrogens with zero attached hydrogens (tertiary/aromatic N) is 2. The van der Waals surface area contributed by atoms with Gasteiger partial charge in [0.1, 0.15) is 5.75 Å². The third-order valence-corrected chi connectivity index (χ3v) is 2.67. The van der Waals surface area contributed by atoms with Crippen LogP contribution in [0.5, 0.6) is 5.75 Å². The Morgan fingerprint density at radius 1 is 1.53 bits per heavy atom. The molecule has 0 heterocycles. The number of carbonyl (C=O) groups is 1. The first-order valence-corrected chi connectivity index (χ1v) is 5.73. The Hall–Kier alpha value is -2.15. The molecule has 0 amide bonds. The van der Waals surface area contributed by atoms with Crippen LogP contribution in [0.1, 0.15) is 12.5 Å². The van der Waals surface area contributed by atoms with Crippen LogP contribution in [0.3, 0.4) is 0 Å². The monoisotopic (exact) mass is 268 g/mol. The number of hydrogen-bond donors (Lipinski definition) is 1. The van der Waals surface area contributed by atoms with Crippen molar-refractivity contribution in [2.45, 2.75) is 13.5 Å². The zero-order chi connectivity index (χ0) is 14.4. The molecule has 1 aromatic rings. The second-order valence-corrected chi connectivity index (χ2v) is 3.95. The Kier molecular flexibility index (Phi) is 5.25. The van der Waals surface area contributed by atoms with Gasteiger partial charge < -0.3 is 9.84 Å². The summed E-state index contributed by atoms with van der Waals surface area (Å²) in [5.74, 6) is -0.430. The summed E-state index contributed by atoms with van der Waals surface area (Å²) < 4.78 is 5.13. The van der Waals surface area contributed by atoms with Gasteiger partial charge in [-0.25, -0.2) is 0 Å². The highest BCUT2D eigenvalue weighted by Crippen LogP contribution is 2.25. The van der Waals surface area contributed by atoms with E-state index in [1.807, 2.05) is 6.92 Å². The number of carboxylic acid groups (broad SMARTS) is 1. The number of non-ortho nitro benzene ring substituents is 1. The molecule has 0 fully saturated rings. The van der Waals surface area contributed by atoms with Gasteiger partial charge >= 0.3 is 5.97 Å². The van der Waals surface area contributed by atoms with Crippen molar-refractivity contribution in [3.8, 4) is 5.75 Å². The molecule has 1 rings (SSSR count). The maximum absolute atomic E-state index is 10.7. The summed E-state index contributed by atoms with van der Waals surface area (Å²) >= 11 is 0. The van der Waals surface area contributed by atoms with Crippen molar-refractivity contribution in [3.05, 3.63) is 33.9 Å². The van der Waals surface area contributed by atoms with Gasteiger partial charge in [0.2, 0.25) is 0 Å². The molecule has 0 bridgehead atoms. The molecule has 0 aromatic heterocycles. The maximum atomic E-state index is 10.7. The molecule has 0 aliphatic heterocycles. The van der Waals surface area contributed by atoms with Crippen molar-refractivity contribution >= 4 is 11.7 Å². The molecule has 104 valence electrons. The van der Waals surface area contributed by atoms with Crippen molar-refractivity contribution in [3.63, 3.8) is 0 Å². The Morgan fingerprint density at radius 3 is 2.68 bits per heavy atom. The van der Waals surface area contributed by atoms with Gasteiger partial charge in [0.15, 0.2) is 0 Å². The summed E-state index contributed by atoms with van der Waals surface area (Å²) in [5.41, 5.74) is 0.557.